The van der Waals surface area contributed by atoms with Crippen molar-refractivity contribution in [3.05, 3.63) is 60.7 Å². The Labute approximate surface area is 176 Å². The summed E-state index contributed by atoms with van der Waals surface area (Å²) in [6.07, 6.45) is 1.76. The van der Waals surface area contributed by atoms with E-state index in [9.17, 15) is 9.59 Å². The van der Waals surface area contributed by atoms with Crippen LogP contribution in [0.4, 0.5) is 0 Å². The standard InChI is InChI=1S/C19H22N2O2S4/c1-2-3-14-21(27-25-17-12-8-5-9-13-17)19(23)15-18(22)20-26-24-16-10-6-4-7-11-16/h4-13H,2-3,14-15H2,1H3,(H,20,22). The van der Waals surface area contributed by atoms with Crippen molar-refractivity contribution in [1.29, 1.82) is 0 Å². The number of carbonyl (C=O) groups is 2. The average molecular weight is 439 g/mol. The van der Waals surface area contributed by atoms with Gasteiger partial charge in [-0.1, -0.05) is 49.7 Å². The number of hydrogen-bond donors (Lipinski definition) is 1. The lowest BCUT2D eigenvalue weighted by molar-refractivity contribution is -0.131. The summed E-state index contributed by atoms with van der Waals surface area (Å²) < 4.78 is 4.41. The number of rotatable bonds is 11. The predicted molar refractivity (Wildman–Crippen MR) is 119 cm³/mol. The van der Waals surface area contributed by atoms with Crippen LogP contribution in [0.1, 0.15) is 26.2 Å². The molecule has 0 saturated heterocycles. The van der Waals surface area contributed by atoms with E-state index in [1.807, 2.05) is 60.7 Å². The van der Waals surface area contributed by atoms with Crippen LogP contribution in [0.3, 0.4) is 0 Å². The van der Waals surface area contributed by atoms with Crippen molar-refractivity contribution in [1.82, 2.24) is 9.03 Å². The first-order valence-corrected chi connectivity index (χ1v) is 12.8. The smallest absolute Gasteiger partial charge is 0.242 e. The Hall–Kier alpha value is -1.22. The Morgan fingerprint density at radius 1 is 0.926 bits per heavy atom. The predicted octanol–water partition coefficient (Wildman–Crippen LogP) is 5.83. The lowest BCUT2D eigenvalue weighted by Gasteiger charge is -2.20. The van der Waals surface area contributed by atoms with Gasteiger partial charge >= 0.3 is 0 Å². The second-order valence-corrected chi connectivity index (χ2v) is 9.69. The number of nitrogens with zero attached hydrogens (tertiary/aromatic N) is 1. The fourth-order valence-electron chi connectivity index (χ4n) is 1.92. The second-order valence-electron chi connectivity index (χ2n) is 5.50. The number of nitrogens with one attached hydrogen (secondary N) is 1. The third-order valence-corrected chi connectivity index (χ3v) is 7.69. The topological polar surface area (TPSA) is 49.4 Å². The van der Waals surface area contributed by atoms with Gasteiger partial charge in [0.1, 0.15) is 6.42 Å². The number of benzene rings is 2. The van der Waals surface area contributed by atoms with Gasteiger partial charge < -0.3 is 0 Å². The number of carbonyl (C=O) groups excluding carboxylic acids is 2. The first kappa shape index (κ1) is 22.1. The molecule has 2 aromatic carbocycles. The van der Waals surface area contributed by atoms with E-state index in [1.54, 1.807) is 4.31 Å². The zero-order valence-electron chi connectivity index (χ0n) is 15.0. The minimum absolute atomic E-state index is 0.144. The van der Waals surface area contributed by atoms with E-state index in [-0.39, 0.29) is 18.2 Å². The molecule has 0 aromatic heterocycles. The summed E-state index contributed by atoms with van der Waals surface area (Å²) in [5.74, 6) is -0.445. The monoisotopic (exact) mass is 438 g/mol. The quantitative estimate of drug-likeness (QED) is 0.270. The van der Waals surface area contributed by atoms with Crippen LogP contribution in [-0.4, -0.2) is 22.7 Å². The van der Waals surface area contributed by atoms with Gasteiger partial charge in [0, 0.05) is 38.3 Å². The Kier molecular flexibility index (Phi) is 10.7. The molecular formula is C19H22N2O2S4. The fraction of sp³-hybridized carbons (Fsp3) is 0.263. The molecule has 0 saturated carbocycles. The third kappa shape index (κ3) is 9.01. The Balaban J connectivity index is 1.78. The van der Waals surface area contributed by atoms with E-state index >= 15 is 0 Å². The van der Waals surface area contributed by atoms with Gasteiger partial charge in [0.25, 0.3) is 0 Å². The molecule has 2 aromatic rings. The molecule has 0 radical (unpaired) electrons. The molecule has 0 fully saturated rings. The normalized spacial score (nSPS) is 10.4. The average Bonchev–Trinajstić information content (AvgIpc) is 2.69. The SMILES string of the molecule is CCCCN(SSc1ccccc1)C(=O)CC(=O)NSSc1ccccc1. The number of hydrogen-bond acceptors (Lipinski definition) is 6. The van der Waals surface area contributed by atoms with Crippen LogP contribution in [0.15, 0.2) is 70.5 Å². The van der Waals surface area contributed by atoms with Crippen LogP contribution in [0.5, 0.6) is 0 Å². The van der Waals surface area contributed by atoms with Crippen LogP contribution in [0.2, 0.25) is 0 Å². The highest BCUT2D eigenvalue weighted by atomic mass is 33.1. The third-order valence-electron chi connectivity index (χ3n) is 3.31. The van der Waals surface area contributed by atoms with Gasteiger partial charge in [-0.15, -0.1) is 0 Å². The maximum Gasteiger partial charge on any atom is 0.242 e. The van der Waals surface area contributed by atoms with E-state index in [2.05, 4.69) is 11.6 Å². The van der Waals surface area contributed by atoms with Crippen molar-refractivity contribution < 1.29 is 9.59 Å². The highest BCUT2D eigenvalue weighted by molar-refractivity contribution is 8.76. The highest BCUT2D eigenvalue weighted by Gasteiger charge is 2.18. The Bertz CT molecular complexity index is 701. The molecule has 0 spiro atoms. The van der Waals surface area contributed by atoms with E-state index in [0.29, 0.717) is 6.54 Å². The summed E-state index contributed by atoms with van der Waals surface area (Å²) in [5, 5.41) is 0. The number of unbranched alkanes of at least 4 members (excludes halogenated alkanes) is 1. The minimum atomic E-state index is -0.278. The molecule has 0 aliphatic carbocycles. The molecule has 0 heterocycles. The molecule has 0 aliphatic heterocycles. The first-order valence-electron chi connectivity index (χ1n) is 8.56. The molecule has 1 N–H and O–H groups in total. The molecule has 144 valence electrons. The van der Waals surface area contributed by atoms with Crippen LogP contribution < -0.4 is 4.72 Å². The minimum Gasteiger partial charge on any atom is -0.290 e. The highest BCUT2D eigenvalue weighted by Crippen LogP contribution is 2.34. The van der Waals surface area contributed by atoms with Crippen molar-refractivity contribution in [3.8, 4) is 0 Å². The first-order chi connectivity index (χ1) is 13.2. The molecule has 0 unspecified atom stereocenters. The molecule has 4 nitrogen and oxygen atoms in total. The summed E-state index contributed by atoms with van der Waals surface area (Å²) in [7, 11) is 5.61. The van der Waals surface area contributed by atoms with E-state index < -0.39 is 0 Å². The van der Waals surface area contributed by atoms with Gasteiger partial charge in [-0.05, 0) is 52.3 Å². The van der Waals surface area contributed by atoms with Crippen molar-refractivity contribution in [2.24, 2.45) is 0 Å². The molecule has 2 amide bonds. The largest absolute Gasteiger partial charge is 0.290 e. The summed E-state index contributed by atoms with van der Waals surface area (Å²) in [6, 6.07) is 19.7. The van der Waals surface area contributed by atoms with E-state index in [1.165, 1.54) is 43.5 Å². The Morgan fingerprint density at radius 3 is 2.11 bits per heavy atom. The van der Waals surface area contributed by atoms with Crippen LogP contribution in [0, 0.1) is 0 Å². The summed E-state index contributed by atoms with van der Waals surface area (Å²) >= 11 is 0. The van der Waals surface area contributed by atoms with Crippen LogP contribution >= 0.6 is 43.5 Å². The van der Waals surface area contributed by atoms with Gasteiger partial charge in [0.15, 0.2) is 0 Å². The summed E-state index contributed by atoms with van der Waals surface area (Å²) in [5.41, 5.74) is 0. The summed E-state index contributed by atoms with van der Waals surface area (Å²) in [4.78, 5) is 26.7. The molecule has 0 bridgehead atoms. The fourth-order valence-corrected chi connectivity index (χ4v) is 5.65. The van der Waals surface area contributed by atoms with E-state index in [0.717, 1.165) is 22.6 Å². The maximum absolute atomic E-state index is 12.5. The molecule has 0 aliphatic rings. The van der Waals surface area contributed by atoms with Gasteiger partial charge in [0.2, 0.25) is 11.8 Å². The van der Waals surface area contributed by atoms with Gasteiger partial charge in [0.05, 0.1) is 0 Å². The Morgan fingerprint density at radius 2 is 1.52 bits per heavy atom. The second kappa shape index (κ2) is 13.0. The molecule has 2 rings (SSSR count). The van der Waals surface area contributed by atoms with Crippen molar-refractivity contribution in [3.63, 3.8) is 0 Å². The molecule has 8 heteroatoms. The molecule has 0 atom stereocenters. The zero-order valence-corrected chi connectivity index (χ0v) is 18.3. The van der Waals surface area contributed by atoms with Crippen molar-refractivity contribution in [2.75, 3.05) is 6.54 Å². The van der Waals surface area contributed by atoms with Crippen LogP contribution in [-0.2, 0) is 9.59 Å². The van der Waals surface area contributed by atoms with Crippen molar-refractivity contribution in [2.45, 2.75) is 36.0 Å². The zero-order chi connectivity index (χ0) is 19.3. The number of amides is 2. The summed E-state index contributed by atoms with van der Waals surface area (Å²) in [6.45, 7) is 2.72. The van der Waals surface area contributed by atoms with Gasteiger partial charge in [-0.25, -0.2) is 0 Å². The maximum atomic E-state index is 12.5. The lowest BCUT2D eigenvalue weighted by Crippen LogP contribution is -2.29. The lowest BCUT2D eigenvalue weighted by atomic mass is 10.3. The van der Waals surface area contributed by atoms with Crippen molar-refractivity contribution >= 4 is 55.4 Å². The van der Waals surface area contributed by atoms with Gasteiger partial charge in [-0.2, -0.15) is 0 Å². The van der Waals surface area contributed by atoms with E-state index in [4.69, 9.17) is 0 Å². The van der Waals surface area contributed by atoms with Crippen LogP contribution in [0.25, 0.3) is 0 Å². The molecular weight excluding hydrogens is 416 g/mol. The van der Waals surface area contributed by atoms with Gasteiger partial charge in [-0.3, -0.25) is 18.6 Å². The molecule has 27 heavy (non-hydrogen) atoms.